The largest absolute Gasteiger partial charge is 0.497 e. The Balaban J connectivity index is 0.000000188. The number of ether oxygens (including phenoxy) is 2. The average molecular weight is 525 g/mol. The zero-order chi connectivity index (χ0) is 26.1. The summed E-state index contributed by atoms with van der Waals surface area (Å²) in [6, 6.07) is 22.0. The Kier molecular flexibility index (Phi) is 9.42. The number of hydrogen-bond donors (Lipinski definition) is 4. The summed E-state index contributed by atoms with van der Waals surface area (Å²) in [4.78, 5) is 0. The van der Waals surface area contributed by atoms with E-state index in [1.165, 1.54) is 10.8 Å². The van der Waals surface area contributed by atoms with Gasteiger partial charge in [-0.2, -0.15) is 16.8 Å². The number of hydrogen-bond acceptors (Lipinski definition) is 9. The summed E-state index contributed by atoms with van der Waals surface area (Å²) in [6.45, 7) is 0. The van der Waals surface area contributed by atoms with Gasteiger partial charge < -0.3 is 15.2 Å². The van der Waals surface area contributed by atoms with Crippen molar-refractivity contribution < 1.29 is 35.4 Å². The van der Waals surface area contributed by atoms with E-state index in [-0.39, 0.29) is 4.41 Å². The molecule has 0 radical (unpaired) electrons. The van der Waals surface area contributed by atoms with Gasteiger partial charge in [0.15, 0.2) is 0 Å². The predicted molar refractivity (Wildman–Crippen MR) is 133 cm³/mol. The van der Waals surface area contributed by atoms with E-state index >= 15 is 0 Å². The van der Waals surface area contributed by atoms with Crippen molar-refractivity contribution in [3.8, 4) is 11.5 Å². The molecule has 1 heterocycles. The molecule has 0 spiro atoms. The number of nitrogens with one attached hydrogen (secondary N) is 1. The standard InChI is InChI=1S/C10H8.C8H11NO2.C3H5N3O6S2/c1-2-6-10-8-4-3-7-9(10)5-1;1-10-6-3-4-8(11-2)7(9)5-6;7-13(8,9)3-1-2-6(5-4-3)14(10,11)12/h1-8H;3-5H,9H2,1-2H3;1-2,5H,(H,7,8,9)(H,10,11,12). The van der Waals surface area contributed by atoms with Gasteiger partial charge >= 0.3 is 20.4 Å². The van der Waals surface area contributed by atoms with E-state index in [0.717, 1.165) is 5.75 Å². The van der Waals surface area contributed by atoms with Gasteiger partial charge in [0.25, 0.3) is 0 Å². The Morgan fingerprint density at radius 2 is 1.43 bits per heavy atom. The molecule has 14 heteroatoms. The van der Waals surface area contributed by atoms with E-state index in [1.807, 2.05) is 0 Å². The van der Waals surface area contributed by atoms with Crippen LogP contribution >= 0.6 is 0 Å². The summed E-state index contributed by atoms with van der Waals surface area (Å²) < 4.78 is 68.7. The fourth-order valence-corrected chi connectivity index (χ4v) is 3.29. The highest BCUT2D eigenvalue weighted by Gasteiger charge is 2.21. The molecule has 0 saturated heterocycles. The van der Waals surface area contributed by atoms with E-state index in [0.29, 0.717) is 23.7 Å². The predicted octanol–water partition coefficient (Wildman–Crippen LogP) is 2.45. The van der Waals surface area contributed by atoms with Crippen LogP contribution in [0, 0.1) is 0 Å². The lowest BCUT2D eigenvalue weighted by Crippen LogP contribution is -2.38. The highest BCUT2D eigenvalue weighted by Crippen LogP contribution is 2.25. The SMILES string of the molecule is COc1ccc(OC)c(N)c1.O=S(=O)(O)C1=NNN(S(=O)(=O)O)C=C1.c1ccc2ccccc2c1. The number of fused-ring (bicyclic) bond motifs is 1. The minimum atomic E-state index is -4.54. The van der Waals surface area contributed by atoms with Crippen molar-refractivity contribution in [2.24, 2.45) is 5.10 Å². The molecule has 0 atom stereocenters. The number of benzene rings is 3. The molecule has 0 amide bonds. The van der Waals surface area contributed by atoms with Crippen molar-refractivity contribution >= 4 is 41.9 Å². The molecule has 0 aliphatic carbocycles. The van der Waals surface area contributed by atoms with Gasteiger partial charge in [-0.1, -0.05) is 48.5 Å². The Morgan fingerprint density at radius 3 is 1.77 bits per heavy atom. The molecule has 0 saturated carbocycles. The first-order valence-corrected chi connectivity index (χ1v) is 12.5. The molecule has 4 rings (SSSR count). The summed E-state index contributed by atoms with van der Waals surface area (Å²) >= 11 is 0. The van der Waals surface area contributed by atoms with Crippen LogP contribution in [0.5, 0.6) is 11.5 Å². The van der Waals surface area contributed by atoms with Crippen LogP contribution in [0.15, 0.2) is 84.1 Å². The summed E-state index contributed by atoms with van der Waals surface area (Å²) in [5, 5.41) is 4.83. The van der Waals surface area contributed by atoms with E-state index in [9.17, 15) is 16.8 Å². The smallest absolute Gasteiger partial charge is 0.378 e. The van der Waals surface area contributed by atoms with Crippen LogP contribution in [0.25, 0.3) is 10.8 Å². The Morgan fingerprint density at radius 1 is 0.886 bits per heavy atom. The fraction of sp³-hybridized carbons (Fsp3) is 0.0952. The van der Waals surface area contributed by atoms with E-state index < -0.39 is 25.5 Å². The molecule has 5 N–H and O–H groups in total. The van der Waals surface area contributed by atoms with Crippen LogP contribution in [0.2, 0.25) is 0 Å². The summed E-state index contributed by atoms with van der Waals surface area (Å²) in [7, 11) is -5.86. The molecule has 3 aromatic carbocycles. The van der Waals surface area contributed by atoms with Crippen molar-refractivity contribution in [1.29, 1.82) is 0 Å². The van der Waals surface area contributed by atoms with Crippen LogP contribution < -0.4 is 20.7 Å². The highest BCUT2D eigenvalue weighted by atomic mass is 32.2. The number of anilines is 1. The number of hydrazine groups is 1. The second kappa shape index (κ2) is 12.0. The molecule has 0 unspecified atom stereocenters. The third kappa shape index (κ3) is 8.46. The molecule has 188 valence electrons. The van der Waals surface area contributed by atoms with Gasteiger partial charge in [-0.05, 0) is 29.0 Å². The van der Waals surface area contributed by atoms with Crippen molar-refractivity contribution in [2.75, 3.05) is 20.0 Å². The van der Waals surface area contributed by atoms with Crippen LogP contribution in [0.4, 0.5) is 5.69 Å². The third-order valence-corrected chi connectivity index (χ3v) is 5.68. The molecule has 1 aliphatic rings. The molecular formula is C21H24N4O8S2. The monoisotopic (exact) mass is 524 g/mol. The van der Waals surface area contributed by atoms with E-state index in [4.69, 9.17) is 24.3 Å². The average Bonchev–Trinajstić information content (AvgIpc) is 2.84. The number of methoxy groups -OCH3 is 2. The minimum Gasteiger partial charge on any atom is -0.497 e. The van der Waals surface area contributed by atoms with Crippen LogP contribution in [0.3, 0.4) is 0 Å². The third-order valence-electron chi connectivity index (χ3n) is 4.22. The van der Waals surface area contributed by atoms with Gasteiger partial charge in [0.05, 0.1) is 19.9 Å². The van der Waals surface area contributed by atoms with E-state index in [1.54, 1.807) is 38.0 Å². The van der Waals surface area contributed by atoms with Crippen molar-refractivity contribution in [1.82, 2.24) is 9.95 Å². The topological polar surface area (TPSA) is 181 Å². The Hall–Kier alpha value is -3.85. The van der Waals surface area contributed by atoms with Crippen molar-refractivity contribution in [3.63, 3.8) is 0 Å². The molecule has 1 aliphatic heterocycles. The second-order valence-electron chi connectivity index (χ2n) is 6.57. The lowest BCUT2D eigenvalue weighted by atomic mass is 10.1. The van der Waals surface area contributed by atoms with Crippen LogP contribution in [-0.4, -0.2) is 49.6 Å². The molecule has 0 fully saturated rings. The summed E-state index contributed by atoms with van der Waals surface area (Å²) in [5.41, 5.74) is 7.87. The van der Waals surface area contributed by atoms with Gasteiger partial charge in [-0.25, -0.2) is 5.53 Å². The summed E-state index contributed by atoms with van der Waals surface area (Å²) in [6.07, 6.45) is 1.37. The Bertz CT molecular complexity index is 1360. The van der Waals surface area contributed by atoms with Gasteiger partial charge in [-0.15, -0.1) is 9.52 Å². The first-order chi connectivity index (χ1) is 16.5. The first-order valence-electron chi connectivity index (χ1n) is 9.63. The maximum Gasteiger partial charge on any atom is 0.378 e. The number of nitrogens with two attached hydrogens (primary N) is 1. The normalized spacial score (nSPS) is 12.8. The maximum absolute atomic E-state index is 10.4. The molecule has 0 bridgehead atoms. The number of nitrogens with zero attached hydrogens (tertiary/aromatic N) is 2. The van der Waals surface area contributed by atoms with Gasteiger partial charge in [0.2, 0.25) is 5.04 Å². The first kappa shape index (κ1) is 27.4. The van der Waals surface area contributed by atoms with Crippen LogP contribution in [-0.2, 0) is 20.4 Å². The maximum atomic E-state index is 10.4. The zero-order valence-electron chi connectivity index (χ0n) is 18.6. The van der Waals surface area contributed by atoms with Gasteiger partial charge in [0.1, 0.15) is 11.5 Å². The fourth-order valence-electron chi connectivity index (χ4n) is 2.55. The molecular weight excluding hydrogens is 500 g/mol. The number of nitrogen functional groups attached to an aromatic ring is 1. The lowest BCUT2D eigenvalue weighted by molar-refractivity contribution is 0.349. The molecule has 35 heavy (non-hydrogen) atoms. The highest BCUT2D eigenvalue weighted by molar-refractivity contribution is 8.02. The Labute approximate surface area is 202 Å². The second-order valence-corrected chi connectivity index (χ2v) is 9.23. The van der Waals surface area contributed by atoms with Crippen LogP contribution in [0.1, 0.15) is 0 Å². The summed E-state index contributed by atoms with van der Waals surface area (Å²) in [5.74, 6) is 1.41. The van der Waals surface area contributed by atoms with Crippen molar-refractivity contribution in [2.45, 2.75) is 0 Å². The molecule has 12 nitrogen and oxygen atoms in total. The quantitative estimate of drug-likeness (QED) is 0.293. The number of rotatable bonds is 3. The van der Waals surface area contributed by atoms with E-state index in [2.05, 4.69) is 53.6 Å². The molecule has 3 aromatic rings. The van der Waals surface area contributed by atoms with Gasteiger partial charge in [-0.3, -0.25) is 9.11 Å². The zero-order valence-corrected chi connectivity index (χ0v) is 20.3. The van der Waals surface area contributed by atoms with Gasteiger partial charge in [0, 0.05) is 12.3 Å². The number of hydrazone groups is 1. The lowest BCUT2D eigenvalue weighted by Gasteiger charge is -2.17. The minimum absolute atomic E-state index is 0.154. The molecule has 0 aromatic heterocycles. The van der Waals surface area contributed by atoms with Crippen molar-refractivity contribution in [3.05, 3.63) is 79.0 Å².